The summed E-state index contributed by atoms with van der Waals surface area (Å²) in [6.45, 7) is 9.42. The molecule has 0 bridgehead atoms. The molecule has 0 saturated heterocycles. The average molecular weight is 452 g/mol. The van der Waals surface area contributed by atoms with E-state index in [1.165, 1.54) is 0 Å². The van der Waals surface area contributed by atoms with E-state index in [-0.39, 0.29) is 11.9 Å². The number of halogens is 1. The number of ether oxygens (including phenoxy) is 1. The number of hydrogen-bond acceptors (Lipinski definition) is 3. The van der Waals surface area contributed by atoms with Crippen LogP contribution < -0.4 is 0 Å². The molecule has 0 heterocycles. The summed E-state index contributed by atoms with van der Waals surface area (Å²) in [6.07, 6.45) is 0.535. The van der Waals surface area contributed by atoms with Crippen LogP contribution in [0, 0.1) is 28.6 Å². The zero-order valence-corrected chi connectivity index (χ0v) is 19.1. The number of benzene rings is 2. The smallest absolute Gasteiger partial charge is 0.312 e. The van der Waals surface area contributed by atoms with Crippen molar-refractivity contribution in [1.82, 2.24) is 0 Å². The standard InChI is InChI=1S/C25H26BrNO2/c1-24(2,3)29-23(28)25(4,5)16-21(20-12-14-22(26)15-13-20)11-10-18-6-8-19(17-27)9-7-18/h6-9,12-15,21H,16H2,1-5H3/t21-/m0/s1. The summed E-state index contributed by atoms with van der Waals surface area (Å²) in [5.41, 5.74) is 1.26. The van der Waals surface area contributed by atoms with E-state index in [0.717, 1.165) is 15.6 Å². The summed E-state index contributed by atoms with van der Waals surface area (Å²) in [5, 5.41) is 8.94. The van der Waals surface area contributed by atoms with E-state index < -0.39 is 11.0 Å². The highest BCUT2D eigenvalue weighted by Crippen LogP contribution is 2.34. The first-order valence-corrected chi connectivity index (χ1v) is 10.3. The van der Waals surface area contributed by atoms with Gasteiger partial charge in [0.2, 0.25) is 0 Å². The number of rotatable bonds is 4. The Balaban J connectivity index is 2.33. The van der Waals surface area contributed by atoms with E-state index >= 15 is 0 Å². The molecule has 0 aliphatic carbocycles. The third-order valence-electron chi connectivity index (χ3n) is 4.34. The predicted molar refractivity (Wildman–Crippen MR) is 119 cm³/mol. The Kier molecular flexibility index (Phi) is 7.28. The Morgan fingerprint density at radius 2 is 1.55 bits per heavy atom. The predicted octanol–water partition coefficient (Wildman–Crippen LogP) is 6.21. The van der Waals surface area contributed by atoms with Crippen molar-refractivity contribution in [2.75, 3.05) is 0 Å². The summed E-state index contributed by atoms with van der Waals surface area (Å²) in [6, 6.07) is 17.3. The van der Waals surface area contributed by atoms with Gasteiger partial charge in [-0.1, -0.05) is 39.9 Å². The monoisotopic (exact) mass is 451 g/mol. The molecular weight excluding hydrogens is 426 g/mol. The number of hydrogen-bond donors (Lipinski definition) is 0. The van der Waals surface area contributed by atoms with Crippen LogP contribution in [0.25, 0.3) is 0 Å². The SMILES string of the molecule is CC(C)(C)OC(=O)C(C)(C)C[C@H](C#Cc1ccc(C#N)cc1)c1ccc(Br)cc1. The number of carbonyl (C=O) groups is 1. The van der Waals surface area contributed by atoms with Crippen molar-refractivity contribution in [2.24, 2.45) is 5.41 Å². The van der Waals surface area contributed by atoms with Crippen LogP contribution >= 0.6 is 15.9 Å². The van der Waals surface area contributed by atoms with E-state index in [9.17, 15) is 4.79 Å². The molecule has 1 atom stereocenters. The van der Waals surface area contributed by atoms with Crippen LogP contribution in [0.4, 0.5) is 0 Å². The Morgan fingerprint density at radius 3 is 2.07 bits per heavy atom. The Bertz CT molecular complexity index is 950. The Labute approximate surface area is 182 Å². The van der Waals surface area contributed by atoms with E-state index in [1.807, 2.05) is 71.0 Å². The Morgan fingerprint density at radius 1 is 1.00 bits per heavy atom. The van der Waals surface area contributed by atoms with Crippen molar-refractivity contribution >= 4 is 21.9 Å². The van der Waals surface area contributed by atoms with Gasteiger partial charge in [-0.25, -0.2) is 0 Å². The summed E-state index contributed by atoms with van der Waals surface area (Å²) >= 11 is 3.46. The fourth-order valence-corrected chi connectivity index (χ4v) is 3.02. The molecule has 29 heavy (non-hydrogen) atoms. The summed E-state index contributed by atoms with van der Waals surface area (Å²) in [4.78, 5) is 12.7. The van der Waals surface area contributed by atoms with Gasteiger partial charge in [-0.05, 0) is 83.0 Å². The van der Waals surface area contributed by atoms with Crippen LogP contribution in [0.15, 0.2) is 53.0 Å². The average Bonchev–Trinajstić information content (AvgIpc) is 2.65. The zero-order chi connectivity index (χ0) is 21.7. The minimum Gasteiger partial charge on any atom is -0.460 e. The highest BCUT2D eigenvalue weighted by atomic mass is 79.9. The van der Waals surface area contributed by atoms with Crippen LogP contribution in [0.3, 0.4) is 0 Å². The van der Waals surface area contributed by atoms with Crippen molar-refractivity contribution in [1.29, 1.82) is 5.26 Å². The van der Waals surface area contributed by atoms with E-state index in [1.54, 1.807) is 12.1 Å². The number of nitriles is 1. The lowest BCUT2D eigenvalue weighted by Gasteiger charge is -2.30. The molecule has 0 fully saturated rings. The van der Waals surface area contributed by atoms with Gasteiger partial charge in [-0.3, -0.25) is 4.79 Å². The molecule has 0 aromatic heterocycles. The fraction of sp³-hybridized carbons (Fsp3) is 0.360. The van der Waals surface area contributed by atoms with Gasteiger partial charge in [0.15, 0.2) is 0 Å². The number of nitrogens with zero attached hydrogens (tertiary/aromatic N) is 1. The van der Waals surface area contributed by atoms with Crippen molar-refractivity contribution < 1.29 is 9.53 Å². The van der Waals surface area contributed by atoms with E-state index in [4.69, 9.17) is 10.00 Å². The zero-order valence-electron chi connectivity index (χ0n) is 17.5. The highest BCUT2D eigenvalue weighted by Gasteiger charge is 2.35. The van der Waals surface area contributed by atoms with Gasteiger partial charge < -0.3 is 4.74 Å². The molecule has 0 saturated carbocycles. The molecule has 2 aromatic rings. The minimum atomic E-state index is -0.690. The van der Waals surface area contributed by atoms with Gasteiger partial charge in [0.05, 0.1) is 17.0 Å². The molecule has 0 unspecified atom stereocenters. The van der Waals surface area contributed by atoms with Crippen molar-refractivity contribution in [2.45, 2.75) is 52.6 Å². The van der Waals surface area contributed by atoms with Crippen molar-refractivity contribution in [3.05, 3.63) is 69.7 Å². The first kappa shape index (κ1) is 22.7. The first-order valence-electron chi connectivity index (χ1n) is 9.51. The maximum atomic E-state index is 12.7. The van der Waals surface area contributed by atoms with Gasteiger partial charge in [0, 0.05) is 16.0 Å². The van der Waals surface area contributed by atoms with Crippen LogP contribution in [-0.2, 0) is 9.53 Å². The van der Waals surface area contributed by atoms with Crippen LogP contribution in [0.2, 0.25) is 0 Å². The molecule has 2 rings (SSSR count). The van der Waals surface area contributed by atoms with Crippen LogP contribution in [0.5, 0.6) is 0 Å². The van der Waals surface area contributed by atoms with Gasteiger partial charge in [0.25, 0.3) is 0 Å². The van der Waals surface area contributed by atoms with Crippen LogP contribution in [0.1, 0.15) is 63.6 Å². The lowest BCUT2D eigenvalue weighted by Crippen LogP contribution is -2.34. The lowest BCUT2D eigenvalue weighted by molar-refractivity contribution is -0.166. The maximum Gasteiger partial charge on any atom is 0.312 e. The normalized spacial score (nSPS) is 12.3. The summed E-state index contributed by atoms with van der Waals surface area (Å²) < 4.78 is 6.61. The molecule has 0 aliphatic heterocycles. The number of esters is 1. The van der Waals surface area contributed by atoms with Crippen molar-refractivity contribution in [3.63, 3.8) is 0 Å². The second-order valence-electron chi connectivity index (χ2n) is 8.65. The van der Waals surface area contributed by atoms with Gasteiger partial charge >= 0.3 is 5.97 Å². The van der Waals surface area contributed by atoms with E-state index in [2.05, 4.69) is 33.8 Å². The second-order valence-corrected chi connectivity index (χ2v) is 9.57. The summed E-state index contributed by atoms with van der Waals surface area (Å²) in [5.74, 6) is 6.16. The van der Waals surface area contributed by atoms with E-state index in [0.29, 0.717) is 12.0 Å². The van der Waals surface area contributed by atoms with Crippen molar-refractivity contribution in [3.8, 4) is 17.9 Å². The molecule has 0 spiro atoms. The molecule has 0 aliphatic rings. The maximum absolute atomic E-state index is 12.7. The molecular formula is C25H26BrNO2. The molecule has 4 heteroatoms. The quantitative estimate of drug-likeness (QED) is 0.409. The van der Waals surface area contributed by atoms with Gasteiger partial charge in [-0.2, -0.15) is 5.26 Å². The second kappa shape index (κ2) is 9.29. The molecule has 3 nitrogen and oxygen atoms in total. The largest absolute Gasteiger partial charge is 0.460 e. The molecule has 150 valence electrons. The highest BCUT2D eigenvalue weighted by molar-refractivity contribution is 9.10. The summed E-state index contributed by atoms with van der Waals surface area (Å²) in [7, 11) is 0. The molecule has 0 amide bonds. The van der Waals surface area contributed by atoms with Gasteiger partial charge in [-0.15, -0.1) is 0 Å². The van der Waals surface area contributed by atoms with Gasteiger partial charge in [0.1, 0.15) is 5.60 Å². The van der Waals surface area contributed by atoms with Crippen LogP contribution in [-0.4, -0.2) is 11.6 Å². The third kappa shape index (κ3) is 7.08. The Hall–Kier alpha value is -2.56. The first-order chi connectivity index (χ1) is 13.5. The fourth-order valence-electron chi connectivity index (χ4n) is 2.76. The minimum absolute atomic E-state index is 0.138. The molecule has 0 radical (unpaired) electrons. The topological polar surface area (TPSA) is 50.1 Å². The molecule has 0 N–H and O–H groups in total. The number of carbonyl (C=O) groups excluding carboxylic acids is 1. The third-order valence-corrected chi connectivity index (χ3v) is 4.87. The molecule has 2 aromatic carbocycles. The lowest BCUT2D eigenvalue weighted by atomic mass is 9.80.